The van der Waals surface area contributed by atoms with Crippen molar-refractivity contribution in [1.82, 2.24) is 4.57 Å². The van der Waals surface area contributed by atoms with Crippen molar-refractivity contribution in [3.05, 3.63) is 130 Å². The number of rotatable bonds is 19. The monoisotopic (exact) mass is 896 g/mol. The molecule has 0 radical (unpaired) electrons. The van der Waals surface area contributed by atoms with Crippen molar-refractivity contribution in [3.8, 4) is 44.3 Å². The molecule has 1 amide bonds. The van der Waals surface area contributed by atoms with Crippen molar-refractivity contribution in [1.29, 1.82) is 0 Å². The second kappa shape index (κ2) is 21.3. The molecule has 2 heterocycles. The van der Waals surface area contributed by atoms with Gasteiger partial charge in [0.25, 0.3) is 5.91 Å². The zero-order valence-corrected chi connectivity index (χ0v) is 36.4. The Morgan fingerprint density at radius 2 is 1.37 bits per heavy atom. The molecule has 4 aromatic carbocycles. The highest BCUT2D eigenvalue weighted by molar-refractivity contribution is 7.80. The summed E-state index contributed by atoms with van der Waals surface area (Å²) in [6.45, 7) is 4.07. The van der Waals surface area contributed by atoms with Crippen molar-refractivity contribution < 1.29 is 48.4 Å². The predicted molar refractivity (Wildman–Crippen MR) is 241 cm³/mol. The summed E-state index contributed by atoms with van der Waals surface area (Å²) in [5.74, 6) is -2.65. The molecule has 0 aliphatic heterocycles. The Balaban J connectivity index is 1.15. The predicted octanol–water partition coefficient (Wildman–Crippen LogP) is 10.5. The number of carbonyl (C=O) groups excluding carboxylic acids is 3. The standard InChI is InChI=1S/C47H45FN2O9S3/c1-28(2)45-44(43(30-7-4-3-5-8-30)46(31-11-15-32(48)16-12-31)50(45)24-23-34(51)25-35(52)26-39(53)54)47(57)49-33-17-21-37(22-18-33)59-41(56)10-6-9-40(55)58-36-19-13-29(14-20-36)38-27-42(60)62-61-38/h3-5,7-8,11-22,27-28,34-35,51-52H,6,9-10,23-26H2,1-2H3,(H,49,57)(H,53,54)/t34-,35-/m1/s1. The molecular weight excluding hydrogens is 852 g/mol. The molecule has 11 nitrogen and oxygen atoms in total. The fraction of sp³-hybridized carbons (Fsp3) is 0.255. The van der Waals surface area contributed by atoms with Gasteiger partial charge >= 0.3 is 17.9 Å². The van der Waals surface area contributed by atoms with Crippen LogP contribution < -0.4 is 14.8 Å². The van der Waals surface area contributed by atoms with Crippen molar-refractivity contribution >= 4 is 62.4 Å². The number of halogens is 1. The summed E-state index contributed by atoms with van der Waals surface area (Å²) in [7, 11) is 3.10. The van der Waals surface area contributed by atoms with E-state index < -0.39 is 48.3 Å². The quantitative estimate of drug-likeness (QED) is 0.0266. The molecule has 0 fully saturated rings. The van der Waals surface area contributed by atoms with Gasteiger partial charge in [-0.1, -0.05) is 77.1 Å². The number of aliphatic hydroxyl groups is 2. The van der Waals surface area contributed by atoms with Crippen molar-refractivity contribution in [2.24, 2.45) is 0 Å². The minimum Gasteiger partial charge on any atom is -0.481 e. The summed E-state index contributed by atoms with van der Waals surface area (Å²) in [5.41, 5.74) is 4.96. The zero-order valence-electron chi connectivity index (χ0n) is 33.9. The number of aromatic nitrogens is 1. The van der Waals surface area contributed by atoms with E-state index in [1.54, 1.807) is 58.9 Å². The summed E-state index contributed by atoms with van der Waals surface area (Å²) in [6.07, 6.45) is -2.62. The maximum atomic E-state index is 14.5. The number of carboxylic acid groups (broad SMARTS) is 1. The third-order valence-corrected chi connectivity index (χ3v) is 12.7. The minimum absolute atomic E-state index is 0.0121. The molecule has 322 valence electrons. The molecule has 4 N–H and O–H groups in total. The first-order valence-electron chi connectivity index (χ1n) is 19.9. The van der Waals surface area contributed by atoms with Crippen LogP contribution in [0.2, 0.25) is 0 Å². The van der Waals surface area contributed by atoms with Gasteiger partial charge < -0.3 is 34.7 Å². The van der Waals surface area contributed by atoms with Crippen LogP contribution in [0.15, 0.2) is 109 Å². The molecule has 0 unspecified atom stereocenters. The summed E-state index contributed by atoms with van der Waals surface area (Å²) in [4.78, 5) is 51.9. The van der Waals surface area contributed by atoms with Gasteiger partial charge in [0, 0.05) is 41.2 Å². The minimum atomic E-state index is -1.24. The lowest BCUT2D eigenvalue weighted by Crippen LogP contribution is -2.22. The average Bonchev–Trinajstić information content (AvgIpc) is 3.83. The van der Waals surface area contributed by atoms with Crippen LogP contribution in [-0.4, -0.2) is 55.9 Å². The number of benzene rings is 4. The van der Waals surface area contributed by atoms with E-state index in [1.807, 2.05) is 66.9 Å². The first-order valence-corrected chi connectivity index (χ1v) is 22.5. The summed E-state index contributed by atoms with van der Waals surface area (Å²) in [6, 6.07) is 30.6. The van der Waals surface area contributed by atoms with E-state index >= 15 is 0 Å². The van der Waals surface area contributed by atoms with Gasteiger partial charge in [-0.2, -0.15) is 0 Å². The third-order valence-electron chi connectivity index (χ3n) is 9.84. The number of esters is 2. The van der Waals surface area contributed by atoms with Crippen molar-refractivity contribution in [2.75, 3.05) is 5.32 Å². The van der Waals surface area contributed by atoms with Gasteiger partial charge in [0.1, 0.15) is 21.1 Å². The van der Waals surface area contributed by atoms with Gasteiger partial charge in [-0.15, -0.1) is 0 Å². The molecule has 15 heteroatoms. The van der Waals surface area contributed by atoms with Gasteiger partial charge in [0.05, 0.1) is 29.9 Å². The highest BCUT2D eigenvalue weighted by Gasteiger charge is 2.31. The Kier molecular flexibility index (Phi) is 15.7. The fourth-order valence-corrected chi connectivity index (χ4v) is 9.49. The Labute approximate surface area is 370 Å². The fourth-order valence-electron chi connectivity index (χ4n) is 7.09. The van der Waals surface area contributed by atoms with E-state index in [9.17, 15) is 33.8 Å². The highest BCUT2D eigenvalue weighted by Crippen LogP contribution is 2.43. The molecule has 0 saturated carbocycles. The van der Waals surface area contributed by atoms with Crippen molar-refractivity contribution in [3.63, 3.8) is 0 Å². The highest BCUT2D eigenvalue weighted by atomic mass is 32.9. The zero-order chi connectivity index (χ0) is 44.3. The number of aliphatic carboxylic acids is 1. The van der Waals surface area contributed by atoms with Crippen LogP contribution in [0, 0.1) is 9.64 Å². The van der Waals surface area contributed by atoms with E-state index in [0.717, 1.165) is 19.8 Å². The average molecular weight is 897 g/mol. The molecule has 0 saturated heterocycles. The molecule has 0 bridgehead atoms. The van der Waals surface area contributed by atoms with Gasteiger partial charge in [0.2, 0.25) is 0 Å². The number of hydrogen-bond donors (Lipinski definition) is 4. The number of carbonyl (C=O) groups is 4. The molecule has 2 atom stereocenters. The van der Waals surface area contributed by atoms with Crippen molar-refractivity contribution in [2.45, 2.75) is 77.0 Å². The number of nitrogens with one attached hydrogen (secondary N) is 1. The summed E-state index contributed by atoms with van der Waals surface area (Å²) >= 11 is 5.20. The number of anilines is 1. The molecule has 0 spiro atoms. The summed E-state index contributed by atoms with van der Waals surface area (Å²) in [5, 5.41) is 33.2. The number of carboxylic acids is 1. The Morgan fingerprint density at radius 1 is 0.774 bits per heavy atom. The summed E-state index contributed by atoms with van der Waals surface area (Å²) < 4.78 is 27.9. The van der Waals surface area contributed by atoms with E-state index in [-0.39, 0.29) is 50.3 Å². The lowest BCUT2D eigenvalue weighted by Gasteiger charge is -2.20. The molecule has 62 heavy (non-hydrogen) atoms. The molecule has 6 rings (SSSR count). The van der Waals surface area contributed by atoms with Crippen LogP contribution in [0.1, 0.15) is 74.3 Å². The third kappa shape index (κ3) is 12.2. The van der Waals surface area contributed by atoms with Gasteiger partial charge in [-0.05, 0) is 121 Å². The second-order valence-electron chi connectivity index (χ2n) is 14.9. The largest absolute Gasteiger partial charge is 0.481 e. The first kappa shape index (κ1) is 45.7. The van der Waals surface area contributed by atoms with Crippen LogP contribution in [0.3, 0.4) is 0 Å². The lowest BCUT2D eigenvalue weighted by atomic mass is 9.94. The Bertz CT molecular complexity index is 2550. The number of ether oxygens (including phenoxy) is 2. The molecular formula is C47H45FN2O9S3. The number of aliphatic hydroxyl groups excluding tert-OH is 2. The Hall–Kier alpha value is -5.84. The van der Waals surface area contributed by atoms with E-state index in [1.165, 1.54) is 22.5 Å². The van der Waals surface area contributed by atoms with Crippen LogP contribution in [0.25, 0.3) is 32.8 Å². The lowest BCUT2D eigenvalue weighted by molar-refractivity contribution is -0.140. The molecule has 6 aromatic rings. The van der Waals surface area contributed by atoms with Crippen LogP contribution in [-0.2, 0) is 20.9 Å². The van der Waals surface area contributed by atoms with Gasteiger partial charge in [0.15, 0.2) is 0 Å². The topological polar surface area (TPSA) is 164 Å². The van der Waals surface area contributed by atoms with E-state index in [0.29, 0.717) is 39.5 Å². The molecule has 2 aromatic heterocycles. The number of hydrogen-bond acceptors (Lipinski definition) is 11. The number of amides is 1. The van der Waals surface area contributed by atoms with E-state index in [2.05, 4.69) is 5.32 Å². The first-order chi connectivity index (χ1) is 29.7. The van der Waals surface area contributed by atoms with Crippen LogP contribution in [0.4, 0.5) is 10.1 Å². The number of nitrogens with zero attached hydrogens (tertiary/aromatic N) is 1. The molecule has 0 aliphatic rings. The maximum absolute atomic E-state index is 14.5. The second-order valence-corrected chi connectivity index (χ2v) is 17.8. The van der Waals surface area contributed by atoms with Crippen LogP contribution in [0.5, 0.6) is 11.5 Å². The van der Waals surface area contributed by atoms with Gasteiger partial charge in [-0.3, -0.25) is 19.2 Å². The SMILES string of the molecule is CC(C)c1c(C(=O)Nc2ccc(OC(=O)CCCC(=O)Oc3ccc(-c4cc(=S)ss4)cc3)cc2)c(-c2ccccc2)c(-c2ccc(F)cc2)n1CC[C@@H](O)C[C@@H](O)CC(=O)O. The molecule has 0 aliphatic carbocycles. The van der Waals surface area contributed by atoms with Crippen LogP contribution >= 0.6 is 32.9 Å². The Morgan fingerprint density at radius 3 is 1.94 bits per heavy atom. The maximum Gasteiger partial charge on any atom is 0.311 e. The smallest absolute Gasteiger partial charge is 0.311 e. The van der Waals surface area contributed by atoms with E-state index in [4.69, 9.17) is 26.8 Å². The van der Waals surface area contributed by atoms with Gasteiger partial charge in [-0.25, -0.2) is 4.39 Å². The normalized spacial score (nSPS) is 12.2.